The summed E-state index contributed by atoms with van der Waals surface area (Å²) in [4.78, 5) is 15.5. The van der Waals surface area contributed by atoms with Gasteiger partial charge in [0.1, 0.15) is 5.52 Å². The van der Waals surface area contributed by atoms with E-state index in [0.29, 0.717) is 18.9 Å². The summed E-state index contributed by atoms with van der Waals surface area (Å²) in [6.45, 7) is 2.39. The fourth-order valence-corrected chi connectivity index (χ4v) is 1.91. The van der Waals surface area contributed by atoms with E-state index in [-0.39, 0.29) is 5.91 Å². The van der Waals surface area contributed by atoms with Crippen LogP contribution in [-0.4, -0.2) is 32.3 Å². The van der Waals surface area contributed by atoms with Gasteiger partial charge in [0, 0.05) is 27.1 Å². The second kappa shape index (κ2) is 4.08. The van der Waals surface area contributed by atoms with Crippen LogP contribution in [0.5, 0.6) is 0 Å². The Balaban J connectivity index is 2.39. The lowest BCUT2D eigenvalue weighted by molar-refractivity contribution is -0.120. The van der Waals surface area contributed by atoms with Crippen LogP contribution in [0.4, 0.5) is 5.95 Å². The second-order valence-corrected chi connectivity index (χ2v) is 3.93. The van der Waals surface area contributed by atoms with Crippen molar-refractivity contribution >= 4 is 23.0 Å². The Hall–Kier alpha value is -2.05. The summed E-state index contributed by atoms with van der Waals surface area (Å²) in [6.07, 6.45) is 0.371. The quantitative estimate of drug-likeness (QED) is 0.772. The van der Waals surface area contributed by atoms with Gasteiger partial charge in [-0.05, 0) is 6.92 Å². The van der Waals surface area contributed by atoms with Crippen LogP contribution < -0.4 is 11.1 Å². The van der Waals surface area contributed by atoms with Crippen molar-refractivity contribution in [2.45, 2.75) is 19.9 Å². The normalized spacial score (nSPS) is 11.0. The Bertz CT molecular complexity index is 567. The van der Waals surface area contributed by atoms with Crippen molar-refractivity contribution < 1.29 is 4.79 Å². The molecule has 7 nitrogen and oxygen atoms in total. The highest BCUT2D eigenvalue weighted by molar-refractivity contribution is 5.78. The SMILES string of the molecule is CNC(=O)CCn1c(N)nc2c(C)nn(C)c21. The lowest BCUT2D eigenvalue weighted by atomic mass is 10.4. The summed E-state index contributed by atoms with van der Waals surface area (Å²) in [5, 5.41) is 6.86. The van der Waals surface area contributed by atoms with Crippen molar-refractivity contribution in [3.8, 4) is 0 Å². The summed E-state index contributed by atoms with van der Waals surface area (Å²) in [5.74, 6) is 0.394. The van der Waals surface area contributed by atoms with E-state index in [1.165, 1.54) is 0 Å². The number of amides is 1. The van der Waals surface area contributed by atoms with E-state index < -0.39 is 0 Å². The van der Waals surface area contributed by atoms with Crippen LogP contribution in [0.1, 0.15) is 12.1 Å². The molecule has 0 radical (unpaired) electrons. The molecule has 17 heavy (non-hydrogen) atoms. The molecule has 2 aromatic heterocycles. The first kappa shape index (κ1) is 11.4. The van der Waals surface area contributed by atoms with Crippen LogP contribution in [-0.2, 0) is 18.4 Å². The Morgan fingerprint density at radius 3 is 2.88 bits per heavy atom. The molecule has 0 saturated carbocycles. The van der Waals surface area contributed by atoms with E-state index >= 15 is 0 Å². The van der Waals surface area contributed by atoms with Crippen molar-refractivity contribution in [1.29, 1.82) is 0 Å². The number of nitrogens with two attached hydrogens (primary N) is 1. The summed E-state index contributed by atoms with van der Waals surface area (Å²) in [5.41, 5.74) is 8.33. The summed E-state index contributed by atoms with van der Waals surface area (Å²) in [7, 11) is 3.45. The molecule has 3 N–H and O–H groups in total. The number of aryl methyl sites for hydroxylation is 3. The molecular weight excluding hydrogens is 220 g/mol. The molecule has 0 aliphatic heterocycles. The Morgan fingerprint density at radius 1 is 1.53 bits per heavy atom. The van der Waals surface area contributed by atoms with Crippen molar-refractivity contribution in [2.24, 2.45) is 7.05 Å². The van der Waals surface area contributed by atoms with E-state index in [1.54, 1.807) is 11.7 Å². The van der Waals surface area contributed by atoms with E-state index in [4.69, 9.17) is 5.73 Å². The number of hydrogen-bond donors (Lipinski definition) is 2. The van der Waals surface area contributed by atoms with E-state index in [9.17, 15) is 4.79 Å². The van der Waals surface area contributed by atoms with Gasteiger partial charge in [-0.2, -0.15) is 5.10 Å². The number of carbonyl (C=O) groups is 1. The van der Waals surface area contributed by atoms with Gasteiger partial charge in [-0.15, -0.1) is 0 Å². The smallest absolute Gasteiger partial charge is 0.221 e. The van der Waals surface area contributed by atoms with Crippen LogP contribution in [0.25, 0.3) is 11.2 Å². The summed E-state index contributed by atoms with van der Waals surface area (Å²) >= 11 is 0. The number of hydrogen-bond acceptors (Lipinski definition) is 4. The fourth-order valence-electron chi connectivity index (χ4n) is 1.91. The molecule has 0 atom stereocenters. The van der Waals surface area contributed by atoms with Crippen LogP contribution >= 0.6 is 0 Å². The molecule has 2 rings (SSSR count). The second-order valence-electron chi connectivity index (χ2n) is 3.93. The molecule has 2 aromatic rings. The predicted octanol–water partition coefficient (Wildman–Crippen LogP) is -0.203. The average Bonchev–Trinajstić information content (AvgIpc) is 2.75. The maximum atomic E-state index is 11.2. The zero-order chi connectivity index (χ0) is 12.6. The number of nitrogens with one attached hydrogen (secondary N) is 1. The molecule has 0 bridgehead atoms. The lowest BCUT2D eigenvalue weighted by Crippen LogP contribution is -2.20. The highest BCUT2D eigenvalue weighted by Gasteiger charge is 2.15. The van der Waals surface area contributed by atoms with Crippen molar-refractivity contribution in [1.82, 2.24) is 24.6 Å². The first-order valence-electron chi connectivity index (χ1n) is 5.40. The van der Waals surface area contributed by atoms with Gasteiger partial charge < -0.3 is 11.1 Å². The zero-order valence-electron chi connectivity index (χ0n) is 10.2. The third-order valence-electron chi connectivity index (χ3n) is 2.76. The molecule has 0 fully saturated rings. The molecule has 0 spiro atoms. The fraction of sp³-hybridized carbons (Fsp3) is 0.500. The van der Waals surface area contributed by atoms with Gasteiger partial charge in [0.05, 0.1) is 5.69 Å². The zero-order valence-corrected chi connectivity index (χ0v) is 10.2. The lowest BCUT2D eigenvalue weighted by Gasteiger charge is -2.05. The van der Waals surface area contributed by atoms with Gasteiger partial charge >= 0.3 is 0 Å². The van der Waals surface area contributed by atoms with Gasteiger partial charge in [0.25, 0.3) is 0 Å². The van der Waals surface area contributed by atoms with Crippen LogP contribution in [0.15, 0.2) is 0 Å². The number of imidazole rings is 1. The summed E-state index contributed by atoms with van der Waals surface area (Å²) in [6, 6.07) is 0. The van der Waals surface area contributed by atoms with Crippen molar-refractivity contribution in [3.05, 3.63) is 5.69 Å². The van der Waals surface area contributed by atoms with E-state index in [0.717, 1.165) is 16.9 Å². The minimum Gasteiger partial charge on any atom is -0.369 e. The first-order valence-corrected chi connectivity index (χ1v) is 5.40. The Kier molecular flexibility index (Phi) is 2.74. The van der Waals surface area contributed by atoms with Crippen molar-refractivity contribution in [2.75, 3.05) is 12.8 Å². The number of fused-ring (bicyclic) bond motifs is 1. The maximum Gasteiger partial charge on any atom is 0.221 e. The topological polar surface area (TPSA) is 90.8 Å². The minimum absolute atomic E-state index is 0.0230. The van der Waals surface area contributed by atoms with Gasteiger partial charge in [-0.3, -0.25) is 14.0 Å². The number of anilines is 1. The third-order valence-corrected chi connectivity index (χ3v) is 2.76. The molecular formula is C10H16N6O. The summed E-state index contributed by atoms with van der Waals surface area (Å²) < 4.78 is 3.54. The molecule has 0 aliphatic carbocycles. The molecule has 0 unspecified atom stereocenters. The standard InChI is InChI=1S/C10H16N6O/c1-6-8-9(15(3)14-6)16(10(11)13-8)5-4-7(17)12-2/h4-5H2,1-3H3,(H2,11,13)(H,12,17). The molecule has 0 aromatic carbocycles. The largest absolute Gasteiger partial charge is 0.369 e. The molecule has 92 valence electrons. The van der Waals surface area contributed by atoms with Crippen LogP contribution in [0.3, 0.4) is 0 Å². The maximum absolute atomic E-state index is 11.2. The Labute approximate surface area is 98.6 Å². The Morgan fingerprint density at radius 2 is 2.24 bits per heavy atom. The minimum atomic E-state index is -0.0230. The third kappa shape index (κ3) is 1.83. The number of nitrogen functional groups attached to an aromatic ring is 1. The molecule has 0 aliphatic rings. The monoisotopic (exact) mass is 236 g/mol. The number of carbonyl (C=O) groups excluding carboxylic acids is 1. The molecule has 7 heteroatoms. The van der Waals surface area contributed by atoms with Crippen molar-refractivity contribution in [3.63, 3.8) is 0 Å². The van der Waals surface area contributed by atoms with Gasteiger partial charge in [-0.25, -0.2) is 4.98 Å². The number of aromatic nitrogens is 4. The van der Waals surface area contributed by atoms with Crippen LogP contribution in [0, 0.1) is 6.92 Å². The van der Waals surface area contributed by atoms with Crippen LogP contribution in [0.2, 0.25) is 0 Å². The predicted molar refractivity (Wildman–Crippen MR) is 64.3 cm³/mol. The molecule has 1 amide bonds. The molecule has 2 heterocycles. The first-order chi connectivity index (χ1) is 8.04. The highest BCUT2D eigenvalue weighted by Crippen LogP contribution is 2.20. The number of rotatable bonds is 3. The van der Waals surface area contributed by atoms with Gasteiger partial charge in [0.2, 0.25) is 11.9 Å². The van der Waals surface area contributed by atoms with Gasteiger partial charge in [-0.1, -0.05) is 0 Å². The number of nitrogens with zero attached hydrogens (tertiary/aromatic N) is 4. The average molecular weight is 236 g/mol. The highest BCUT2D eigenvalue weighted by atomic mass is 16.1. The van der Waals surface area contributed by atoms with Gasteiger partial charge in [0.15, 0.2) is 5.65 Å². The van der Waals surface area contributed by atoms with E-state index in [2.05, 4.69) is 15.4 Å². The van der Waals surface area contributed by atoms with E-state index in [1.807, 2.05) is 18.5 Å². The molecule has 0 saturated heterocycles.